The molecule has 0 saturated heterocycles. The van der Waals surface area contributed by atoms with Gasteiger partial charge in [0, 0.05) is 0 Å². The predicted molar refractivity (Wildman–Crippen MR) is 42.3 cm³/mol. The zero-order valence-corrected chi connectivity index (χ0v) is 6.93. The molecule has 2 heterocycles. The minimum Gasteiger partial charge on any atom is -0.337 e. The van der Waals surface area contributed by atoms with Gasteiger partial charge in [-0.05, 0) is 6.92 Å². The molecule has 0 unspecified atom stereocenters. The van der Waals surface area contributed by atoms with Gasteiger partial charge in [-0.2, -0.15) is 10.1 Å². The lowest BCUT2D eigenvalue weighted by molar-refractivity contribution is 0.362. The van der Waals surface area contributed by atoms with Crippen LogP contribution in [0.3, 0.4) is 0 Å². The Kier molecular flexibility index (Phi) is 1.78. The Hall–Kier alpha value is -1.76. The number of rotatable bonds is 2. The highest BCUT2D eigenvalue weighted by molar-refractivity contribution is 5.39. The molecule has 0 aromatic carbocycles. The third-order valence-corrected chi connectivity index (χ3v) is 1.46. The second-order valence-corrected chi connectivity index (χ2v) is 2.58. The molecule has 7 nitrogen and oxygen atoms in total. The molecular formula is C6H8N6O. The second kappa shape index (κ2) is 2.94. The minimum atomic E-state index is -0.274. The van der Waals surface area contributed by atoms with Gasteiger partial charge in [-0.3, -0.25) is 5.10 Å². The molecule has 0 aliphatic rings. The summed E-state index contributed by atoms with van der Waals surface area (Å²) in [7, 11) is 0. The molecule has 0 aliphatic carbocycles. The van der Waals surface area contributed by atoms with Crippen molar-refractivity contribution >= 4 is 0 Å². The van der Waals surface area contributed by atoms with Crippen molar-refractivity contribution in [3.8, 4) is 11.6 Å². The average molecular weight is 180 g/mol. The van der Waals surface area contributed by atoms with E-state index in [0.717, 1.165) is 0 Å². The number of nitrogens with two attached hydrogens (primary N) is 1. The van der Waals surface area contributed by atoms with E-state index in [1.54, 1.807) is 6.92 Å². The minimum absolute atomic E-state index is 0.274. The van der Waals surface area contributed by atoms with E-state index in [2.05, 4.69) is 25.3 Å². The fourth-order valence-corrected chi connectivity index (χ4v) is 0.830. The maximum absolute atomic E-state index is 5.54. The Morgan fingerprint density at radius 1 is 1.62 bits per heavy atom. The standard InChI is InChI=1S/C6H8N6O/c1-3(7)6-10-5(12-13-6)4-8-2-9-11-4/h2-3H,7H2,1H3,(H,8,9,11)/t3-/m0/s1. The summed E-state index contributed by atoms with van der Waals surface area (Å²) in [6.07, 6.45) is 1.37. The van der Waals surface area contributed by atoms with Crippen LogP contribution in [-0.4, -0.2) is 25.3 Å². The zero-order valence-electron chi connectivity index (χ0n) is 6.93. The van der Waals surface area contributed by atoms with Crippen LogP contribution in [0, 0.1) is 0 Å². The first-order valence-corrected chi connectivity index (χ1v) is 3.72. The van der Waals surface area contributed by atoms with Crippen LogP contribution in [-0.2, 0) is 0 Å². The normalized spacial score (nSPS) is 13.1. The number of aromatic amines is 1. The summed E-state index contributed by atoms with van der Waals surface area (Å²) in [6.45, 7) is 1.76. The Morgan fingerprint density at radius 3 is 3.00 bits per heavy atom. The molecular weight excluding hydrogens is 172 g/mol. The lowest BCUT2D eigenvalue weighted by atomic mass is 10.4. The Labute approximate surface area is 73.4 Å². The first kappa shape index (κ1) is 7.87. The van der Waals surface area contributed by atoms with Crippen molar-refractivity contribution in [2.75, 3.05) is 0 Å². The number of hydrogen-bond donors (Lipinski definition) is 2. The molecule has 7 heteroatoms. The summed E-state index contributed by atoms with van der Waals surface area (Å²) < 4.78 is 4.88. The molecule has 0 fully saturated rings. The largest absolute Gasteiger partial charge is 0.337 e. The molecule has 0 amide bonds. The van der Waals surface area contributed by atoms with Gasteiger partial charge in [-0.25, -0.2) is 4.98 Å². The fraction of sp³-hybridized carbons (Fsp3) is 0.333. The van der Waals surface area contributed by atoms with Crippen LogP contribution in [0.5, 0.6) is 0 Å². The van der Waals surface area contributed by atoms with Gasteiger partial charge in [0.2, 0.25) is 11.7 Å². The SMILES string of the molecule is C[C@H](N)c1nc(-c2ncn[nH]2)no1. The van der Waals surface area contributed by atoms with Gasteiger partial charge in [0.05, 0.1) is 6.04 Å². The van der Waals surface area contributed by atoms with Gasteiger partial charge in [0.25, 0.3) is 0 Å². The quantitative estimate of drug-likeness (QED) is 0.666. The summed E-state index contributed by atoms with van der Waals surface area (Å²) in [5.74, 6) is 1.21. The van der Waals surface area contributed by atoms with Crippen LogP contribution >= 0.6 is 0 Å². The molecule has 2 aromatic heterocycles. The van der Waals surface area contributed by atoms with E-state index >= 15 is 0 Å². The van der Waals surface area contributed by atoms with E-state index in [0.29, 0.717) is 17.5 Å². The smallest absolute Gasteiger partial charge is 0.243 e. The van der Waals surface area contributed by atoms with Crippen molar-refractivity contribution in [2.45, 2.75) is 13.0 Å². The summed E-state index contributed by atoms with van der Waals surface area (Å²) >= 11 is 0. The van der Waals surface area contributed by atoms with E-state index in [-0.39, 0.29) is 6.04 Å². The first-order chi connectivity index (χ1) is 6.27. The van der Waals surface area contributed by atoms with Gasteiger partial charge in [0.15, 0.2) is 5.82 Å². The van der Waals surface area contributed by atoms with Crippen molar-refractivity contribution in [1.29, 1.82) is 0 Å². The van der Waals surface area contributed by atoms with Gasteiger partial charge in [0.1, 0.15) is 6.33 Å². The molecule has 0 aliphatic heterocycles. The third-order valence-electron chi connectivity index (χ3n) is 1.46. The first-order valence-electron chi connectivity index (χ1n) is 3.72. The third kappa shape index (κ3) is 1.41. The van der Waals surface area contributed by atoms with Crippen LogP contribution in [0.15, 0.2) is 10.9 Å². The van der Waals surface area contributed by atoms with Gasteiger partial charge in [-0.15, -0.1) is 0 Å². The highest BCUT2D eigenvalue weighted by atomic mass is 16.5. The molecule has 0 bridgehead atoms. The van der Waals surface area contributed by atoms with Crippen molar-refractivity contribution < 1.29 is 4.52 Å². The van der Waals surface area contributed by atoms with E-state index in [4.69, 9.17) is 10.3 Å². The lowest BCUT2D eigenvalue weighted by Gasteiger charge is -1.92. The Balaban J connectivity index is 2.33. The molecule has 68 valence electrons. The van der Waals surface area contributed by atoms with Crippen molar-refractivity contribution in [3.05, 3.63) is 12.2 Å². The van der Waals surface area contributed by atoms with Crippen LogP contribution in [0.4, 0.5) is 0 Å². The molecule has 13 heavy (non-hydrogen) atoms. The highest BCUT2D eigenvalue weighted by Gasteiger charge is 2.12. The van der Waals surface area contributed by atoms with E-state index in [1.807, 2.05) is 0 Å². The number of nitrogens with zero attached hydrogens (tertiary/aromatic N) is 4. The topological polar surface area (TPSA) is 107 Å². The maximum Gasteiger partial charge on any atom is 0.243 e. The number of aromatic nitrogens is 5. The summed E-state index contributed by atoms with van der Waals surface area (Å²) in [5.41, 5.74) is 5.54. The fourth-order valence-electron chi connectivity index (χ4n) is 0.830. The Bertz CT molecular complexity index is 377. The van der Waals surface area contributed by atoms with Crippen LogP contribution in [0.2, 0.25) is 0 Å². The summed E-state index contributed by atoms with van der Waals surface area (Å²) in [5, 5.41) is 9.96. The number of nitrogens with one attached hydrogen (secondary N) is 1. The Morgan fingerprint density at radius 2 is 2.46 bits per heavy atom. The van der Waals surface area contributed by atoms with Crippen molar-refractivity contribution in [1.82, 2.24) is 25.3 Å². The average Bonchev–Trinajstić information content (AvgIpc) is 2.75. The van der Waals surface area contributed by atoms with Gasteiger partial charge in [-0.1, -0.05) is 5.16 Å². The lowest BCUT2D eigenvalue weighted by Crippen LogP contribution is -2.04. The maximum atomic E-state index is 5.54. The molecule has 1 atom stereocenters. The van der Waals surface area contributed by atoms with E-state index in [9.17, 15) is 0 Å². The number of H-pyrrole nitrogens is 1. The second-order valence-electron chi connectivity index (χ2n) is 2.58. The van der Waals surface area contributed by atoms with Crippen LogP contribution < -0.4 is 5.73 Å². The summed E-state index contributed by atoms with van der Waals surface area (Å²) in [4.78, 5) is 7.88. The number of hydrogen-bond acceptors (Lipinski definition) is 6. The summed E-state index contributed by atoms with van der Waals surface area (Å²) in [6, 6.07) is -0.274. The highest BCUT2D eigenvalue weighted by Crippen LogP contribution is 2.12. The monoisotopic (exact) mass is 180 g/mol. The molecule has 2 rings (SSSR count). The van der Waals surface area contributed by atoms with Gasteiger partial charge < -0.3 is 10.3 Å². The molecule has 0 spiro atoms. The van der Waals surface area contributed by atoms with E-state index in [1.165, 1.54) is 6.33 Å². The molecule has 0 saturated carbocycles. The van der Waals surface area contributed by atoms with Crippen molar-refractivity contribution in [2.24, 2.45) is 5.73 Å². The zero-order chi connectivity index (χ0) is 9.26. The molecule has 3 N–H and O–H groups in total. The van der Waals surface area contributed by atoms with Gasteiger partial charge >= 0.3 is 0 Å². The molecule has 2 aromatic rings. The van der Waals surface area contributed by atoms with E-state index < -0.39 is 0 Å². The molecule has 0 radical (unpaired) electrons. The van der Waals surface area contributed by atoms with Crippen LogP contribution in [0.1, 0.15) is 18.9 Å². The predicted octanol–water partition coefficient (Wildman–Crippen LogP) is -0.126. The van der Waals surface area contributed by atoms with Crippen molar-refractivity contribution in [3.63, 3.8) is 0 Å². The van der Waals surface area contributed by atoms with Crippen LogP contribution in [0.25, 0.3) is 11.6 Å².